The smallest absolute Gasteiger partial charge is 0.222 e. The molecule has 130 valence electrons. The summed E-state index contributed by atoms with van der Waals surface area (Å²) in [5, 5.41) is 6.76. The van der Waals surface area contributed by atoms with Crippen molar-refractivity contribution in [3.63, 3.8) is 0 Å². The van der Waals surface area contributed by atoms with Crippen molar-refractivity contribution in [1.82, 2.24) is 29.8 Å². The molecule has 0 aromatic carbocycles. The van der Waals surface area contributed by atoms with Crippen LogP contribution in [0.1, 0.15) is 12.8 Å². The van der Waals surface area contributed by atoms with Crippen LogP contribution in [0.4, 0.5) is 11.9 Å². The summed E-state index contributed by atoms with van der Waals surface area (Å²) in [5.41, 5.74) is 1.73. The Bertz CT molecular complexity index is 762. The first-order valence-electron chi connectivity index (χ1n) is 8.67. The Balaban J connectivity index is 1.21. The van der Waals surface area contributed by atoms with Gasteiger partial charge in [0, 0.05) is 50.8 Å². The molecule has 3 aromatic rings. The summed E-state index contributed by atoms with van der Waals surface area (Å²) in [6, 6.07) is 6.17. The first kappa shape index (κ1) is 15.8. The van der Waals surface area contributed by atoms with Crippen LogP contribution in [0, 0.1) is 0 Å². The molecule has 1 fully saturated rings. The van der Waals surface area contributed by atoms with Crippen LogP contribution in [0.5, 0.6) is 0 Å². The van der Waals surface area contributed by atoms with Gasteiger partial charge in [-0.05, 0) is 31.0 Å². The Labute approximate surface area is 146 Å². The number of nitrogens with zero attached hydrogens (tertiary/aromatic N) is 5. The quantitative estimate of drug-likeness (QED) is 0.630. The number of nitrogens with one attached hydrogen (secondary N) is 3. The molecule has 4 heterocycles. The predicted molar refractivity (Wildman–Crippen MR) is 97.5 cm³/mol. The normalized spacial score (nSPS) is 16.2. The molecular formula is C17H22N8. The van der Waals surface area contributed by atoms with Gasteiger partial charge >= 0.3 is 0 Å². The second kappa shape index (κ2) is 7.43. The molecule has 0 bridgehead atoms. The monoisotopic (exact) mass is 338 g/mol. The molecule has 4 rings (SSSR count). The van der Waals surface area contributed by atoms with Gasteiger partial charge in [0.1, 0.15) is 0 Å². The fourth-order valence-electron chi connectivity index (χ4n) is 3.12. The molecule has 3 aromatic heterocycles. The minimum absolute atomic E-state index is 0.447. The standard InChI is InChI=1S/C17H22N8/c1-3-14-15(18-6-1)24-17(23-14)22-13-4-10-25(11-5-13)12-9-21-16-19-7-2-8-20-16/h1-3,6-8,13H,4-5,9-12H2,(H,19,20,21)(H2,18,22,23,24). The summed E-state index contributed by atoms with van der Waals surface area (Å²) < 4.78 is 0. The minimum atomic E-state index is 0.447. The number of H-pyrrole nitrogens is 1. The molecule has 25 heavy (non-hydrogen) atoms. The first-order chi connectivity index (χ1) is 12.4. The summed E-state index contributed by atoms with van der Waals surface area (Å²) in [6.45, 7) is 4.01. The van der Waals surface area contributed by atoms with Gasteiger partial charge in [-0.1, -0.05) is 0 Å². The topological polar surface area (TPSA) is 94.6 Å². The second-order valence-corrected chi connectivity index (χ2v) is 6.22. The van der Waals surface area contributed by atoms with Crippen LogP contribution >= 0.6 is 0 Å². The van der Waals surface area contributed by atoms with Crippen LogP contribution in [0.3, 0.4) is 0 Å². The van der Waals surface area contributed by atoms with Crippen LogP contribution in [0.25, 0.3) is 11.2 Å². The molecule has 1 aliphatic rings. The maximum atomic E-state index is 4.49. The van der Waals surface area contributed by atoms with Crippen LogP contribution in [-0.4, -0.2) is 62.0 Å². The van der Waals surface area contributed by atoms with E-state index in [2.05, 4.69) is 40.5 Å². The van der Waals surface area contributed by atoms with Crippen molar-refractivity contribution < 1.29 is 0 Å². The number of fused-ring (bicyclic) bond motifs is 1. The molecule has 8 heteroatoms. The average molecular weight is 338 g/mol. The Morgan fingerprint density at radius 2 is 1.88 bits per heavy atom. The van der Waals surface area contributed by atoms with E-state index in [0.29, 0.717) is 12.0 Å². The first-order valence-corrected chi connectivity index (χ1v) is 8.67. The van der Waals surface area contributed by atoms with Gasteiger partial charge in [0.25, 0.3) is 0 Å². The zero-order valence-corrected chi connectivity index (χ0v) is 14.0. The lowest BCUT2D eigenvalue weighted by Crippen LogP contribution is -2.41. The van der Waals surface area contributed by atoms with E-state index >= 15 is 0 Å². The highest BCUT2D eigenvalue weighted by molar-refractivity contribution is 5.72. The number of rotatable bonds is 6. The van der Waals surface area contributed by atoms with Gasteiger partial charge in [-0.2, -0.15) is 4.98 Å². The van der Waals surface area contributed by atoms with E-state index < -0.39 is 0 Å². The highest BCUT2D eigenvalue weighted by Gasteiger charge is 2.19. The van der Waals surface area contributed by atoms with Crippen LogP contribution < -0.4 is 10.6 Å². The second-order valence-electron chi connectivity index (χ2n) is 6.22. The zero-order valence-electron chi connectivity index (χ0n) is 14.0. The summed E-state index contributed by atoms with van der Waals surface area (Å²) in [6.07, 6.45) is 7.47. The van der Waals surface area contributed by atoms with Crippen molar-refractivity contribution in [3.8, 4) is 0 Å². The zero-order chi connectivity index (χ0) is 16.9. The van der Waals surface area contributed by atoms with Gasteiger partial charge in [0.2, 0.25) is 11.9 Å². The van der Waals surface area contributed by atoms with E-state index in [4.69, 9.17) is 0 Å². The Kier molecular flexibility index (Phi) is 4.69. The van der Waals surface area contributed by atoms with Crippen molar-refractivity contribution in [3.05, 3.63) is 36.8 Å². The van der Waals surface area contributed by atoms with Gasteiger partial charge in [0.05, 0.1) is 5.52 Å². The van der Waals surface area contributed by atoms with E-state index in [1.165, 1.54) is 0 Å². The lowest BCUT2D eigenvalue weighted by atomic mass is 10.1. The fourth-order valence-corrected chi connectivity index (χ4v) is 3.12. The predicted octanol–water partition coefficient (Wildman–Crippen LogP) is 1.74. The number of pyridine rings is 1. The van der Waals surface area contributed by atoms with E-state index in [1.807, 2.05) is 18.2 Å². The van der Waals surface area contributed by atoms with E-state index in [0.717, 1.165) is 56.1 Å². The third-order valence-corrected chi connectivity index (χ3v) is 4.46. The van der Waals surface area contributed by atoms with Gasteiger partial charge in [0.15, 0.2) is 5.65 Å². The van der Waals surface area contributed by atoms with Crippen molar-refractivity contribution in [1.29, 1.82) is 0 Å². The molecule has 0 spiro atoms. The Morgan fingerprint density at radius 1 is 1.08 bits per heavy atom. The largest absolute Gasteiger partial charge is 0.353 e. The minimum Gasteiger partial charge on any atom is -0.353 e. The molecular weight excluding hydrogens is 316 g/mol. The van der Waals surface area contributed by atoms with Crippen LogP contribution in [0.15, 0.2) is 36.8 Å². The van der Waals surface area contributed by atoms with Gasteiger partial charge in [-0.15, -0.1) is 0 Å². The summed E-state index contributed by atoms with van der Waals surface area (Å²) >= 11 is 0. The molecule has 0 amide bonds. The third-order valence-electron chi connectivity index (χ3n) is 4.46. The van der Waals surface area contributed by atoms with E-state index in [9.17, 15) is 0 Å². The molecule has 0 atom stereocenters. The van der Waals surface area contributed by atoms with E-state index in [-0.39, 0.29) is 0 Å². The van der Waals surface area contributed by atoms with Crippen molar-refractivity contribution >= 4 is 23.1 Å². The number of piperidine rings is 1. The van der Waals surface area contributed by atoms with E-state index in [1.54, 1.807) is 18.6 Å². The molecule has 1 saturated heterocycles. The number of aromatic amines is 1. The molecule has 0 saturated carbocycles. The number of hydrogen-bond donors (Lipinski definition) is 3. The maximum Gasteiger partial charge on any atom is 0.222 e. The maximum absolute atomic E-state index is 4.49. The molecule has 0 unspecified atom stereocenters. The van der Waals surface area contributed by atoms with Gasteiger partial charge in [-0.25, -0.2) is 15.0 Å². The van der Waals surface area contributed by atoms with Crippen molar-refractivity contribution in [2.45, 2.75) is 18.9 Å². The Morgan fingerprint density at radius 3 is 2.68 bits per heavy atom. The third kappa shape index (κ3) is 4.03. The lowest BCUT2D eigenvalue weighted by molar-refractivity contribution is 0.226. The van der Waals surface area contributed by atoms with Crippen LogP contribution in [0.2, 0.25) is 0 Å². The lowest BCUT2D eigenvalue weighted by Gasteiger charge is -2.32. The summed E-state index contributed by atoms with van der Waals surface area (Å²) in [4.78, 5) is 22.8. The SMILES string of the molecule is c1cnc(NCCN2CCC(Nc3nc4ncccc4[nH]3)CC2)nc1. The highest BCUT2D eigenvalue weighted by atomic mass is 15.2. The molecule has 8 nitrogen and oxygen atoms in total. The summed E-state index contributed by atoms with van der Waals surface area (Å²) in [5.74, 6) is 1.51. The fraction of sp³-hybridized carbons (Fsp3) is 0.412. The van der Waals surface area contributed by atoms with Gasteiger partial charge < -0.3 is 20.5 Å². The van der Waals surface area contributed by atoms with Gasteiger partial charge in [-0.3, -0.25) is 0 Å². The number of aromatic nitrogens is 5. The molecule has 1 aliphatic heterocycles. The number of likely N-dealkylation sites (tertiary alicyclic amines) is 1. The number of imidazole rings is 1. The summed E-state index contributed by atoms with van der Waals surface area (Å²) in [7, 11) is 0. The average Bonchev–Trinajstić information content (AvgIpc) is 3.06. The molecule has 3 N–H and O–H groups in total. The van der Waals surface area contributed by atoms with Crippen LogP contribution in [-0.2, 0) is 0 Å². The Hall–Kier alpha value is -2.74. The number of anilines is 2. The van der Waals surface area contributed by atoms with Crippen molar-refractivity contribution in [2.24, 2.45) is 0 Å². The highest BCUT2D eigenvalue weighted by Crippen LogP contribution is 2.17. The van der Waals surface area contributed by atoms with Crippen molar-refractivity contribution in [2.75, 3.05) is 36.8 Å². The number of hydrogen-bond acceptors (Lipinski definition) is 7. The molecule has 0 aliphatic carbocycles. The molecule has 0 radical (unpaired) electrons.